The molecule has 9 heteroatoms. The van der Waals surface area contributed by atoms with Crippen molar-refractivity contribution in [3.63, 3.8) is 0 Å². The topological polar surface area (TPSA) is 93.3 Å². The standard InChI is InChI=1S/C10H10Br2N4O3/c11-8-7-9(15-10(12)14-8)16(3-13-7)6-1-4(18)5(2-17)19-6/h3-6,17-18H,1-2H2/t4-,5+,6+/m1/s1. The van der Waals surface area contributed by atoms with Crippen LogP contribution in [0.3, 0.4) is 0 Å². The maximum absolute atomic E-state index is 9.77. The van der Waals surface area contributed by atoms with Gasteiger partial charge in [-0.1, -0.05) is 0 Å². The van der Waals surface area contributed by atoms with Crippen molar-refractivity contribution in [3.8, 4) is 0 Å². The van der Waals surface area contributed by atoms with Crippen LogP contribution in [0.25, 0.3) is 11.2 Å². The van der Waals surface area contributed by atoms with Crippen LogP contribution < -0.4 is 0 Å². The highest BCUT2D eigenvalue weighted by Crippen LogP contribution is 2.32. The van der Waals surface area contributed by atoms with Crippen molar-refractivity contribution in [1.29, 1.82) is 0 Å². The van der Waals surface area contributed by atoms with Crippen molar-refractivity contribution in [2.75, 3.05) is 6.61 Å². The number of rotatable bonds is 2. The lowest BCUT2D eigenvalue weighted by Crippen LogP contribution is -2.24. The summed E-state index contributed by atoms with van der Waals surface area (Å²) in [5.41, 5.74) is 1.22. The van der Waals surface area contributed by atoms with Gasteiger partial charge in [0, 0.05) is 6.42 Å². The first-order valence-corrected chi connectivity index (χ1v) is 7.18. The highest BCUT2D eigenvalue weighted by atomic mass is 79.9. The molecule has 2 aromatic heterocycles. The molecule has 0 aromatic carbocycles. The summed E-state index contributed by atoms with van der Waals surface area (Å²) < 4.78 is 8.33. The molecule has 0 saturated carbocycles. The molecule has 0 bridgehead atoms. The smallest absolute Gasteiger partial charge is 0.199 e. The highest BCUT2D eigenvalue weighted by Gasteiger charge is 2.35. The molecular formula is C10H10Br2N4O3. The lowest BCUT2D eigenvalue weighted by molar-refractivity contribution is -0.0432. The van der Waals surface area contributed by atoms with E-state index in [9.17, 15) is 5.11 Å². The molecule has 3 rings (SSSR count). The van der Waals surface area contributed by atoms with Crippen LogP contribution in [0.4, 0.5) is 0 Å². The lowest BCUT2D eigenvalue weighted by Gasteiger charge is -2.13. The van der Waals surface area contributed by atoms with Gasteiger partial charge in [0.25, 0.3) is 0 Å². The van der Waals surface area contributed by atoms with E-state index >= 15 is 0 Å². The lowest BCUT2D eigenvalue weighted by atomic mass is 10.2. The normalized spacial score (nSPS) is 27.3. The molecule has 1 fully saturated rings. The van der Waals surface area contributed by atoms with Gasteiger partial charge in [0.2, 0.25) is 0 Å². The van der Waals surface area contributed by atoms with E-state index in [1.54, 1.807) is 10.9 Å². The summed E-state index contributed by atoms with van der Waals surface area (Å²) >= 11 is 6.54. The molecule has 7 nitrogen and oxygen atoms in total. The summed E-state index contributed by atoms with van der Waals surface area (Å²) in [5, 5.41) is 18.9. The van der Waals surface area contributed by atoms with Crippen LogP contribution in [0.2, 0.25) is 0 Å². The van der Waals surface area contributed by atoms with Gasteiger partial charge in [-0.2, -0.15) is 0 Å². The van der Waals surface area contributed by atoms with Gasteiger partial charge in [0.05, 0.1) is 19.0 Å². The Balaban J connectivity index is 2.02. The summed E-state index contributed by atoms with van der Waals surface area (Å²) in [6.45, 7) is -0.216. The SMILES string of the molecule is OC[C@@H]1O[C@H](n2cnc3c(Br)nc(Br)nc32)C[C@H]1O. The molecule has 0 amide bonds. The minimum Gasteiger partial charge on any atom is -0.394 e. The molecule has 102 valence electrons. The van der Waals surface area contributed by atoms with Crippen LogP contribution in [-0.4, -0.2) is 48.5 Å². The van der Waals surface area contributed by atoms with Gasteiger partial charge in [0.15, 0.2) is 10.4 Å². The second kappa shape index (κ2) is 5.06. The Kier molecular flexibility index (Phi) is 3.56. The van der Waals surface area contributed by atoms with Crippen LogP contribution in [-0.2, 0) is 4.74 Å². The summed E-state index contributed by atoms with van der Waals surface area (Å²) in [6.07, 6.45) is 0.312. The number of halogens is 2. The van der Waals surface area contributed by atoms with E-state index in [2.05, 4.69) is 46.8 Å². The minimum atomic E-state index is -0.693. The second-order valence-corrected chi connectivity index (χ2v) is 5.68. The highest BCUT2D eigenvalue weighted by molar-refractivity contribution is 9.11. The molecule has 2 aromatic rings. The van der Waals surface area contributed by atoms with E-state index in [1.165, 1.54) is 0 Å². The van der Waals surface area contributed by atoms with Crippen molar-refractivity contribution >= 4 is 43.0 Å². The number of hydrogen-bond acceptors (Lipinski definition) is 6. The minimum absolute atomic E-state index is 0.216. The van der Waals surface area contributed by atoms with Crippen LogP contribution in [0.1, 0.15) is 12.6 Å². The summed E-state index contributed by atoms with van der Waals surface area (Å²) in [7, 11) is 0. The van der Waals surface area contributed by atoms with E-state index in [1.807, 2.05) is 0 Å². The fourth-order valence-electron chi connectivity index (χ4n) is 2.12. The summed E-state index contributed by atoms with van der Waals surface area (Å²) in [6, 6.07) is 0. The summed E-state index contributed by atoms with van der Waals surface area (Å²) in [4.78, 5) is 12.6. The van der Waals surface area contributed by atoms with Gasteiger partial charge in [-0.25, -0.2) is 15.0 Å². The Hall–Kier alpha value is -0.610. The van der Waals surface area contributed by atoms with Gasteiger partial charge in [-0.05, 0) is 31.9 Å². The van der Waals surface area contributed by atoms with Gasteiger partial charge in [-0.3, -0.25) is 4.57 Å². The maximum Gasteiger partial charge on any atom is 0.199 e. The average molecular weight is 394 g/mol. The number of imidazole rings is 1. The van der Waals surface area contributed by atoms with E-state index in [4.69, 9.17) is 9.84 Å². The second-order valence-electron chi connectivity index (χ2n) is 4.22. The molecule has 3 heterocycles. The Morgan fingerprint density at radius 1 is 1.42 bits per heavy atom. The Bertz CT molecular complexity index is 620. The van der Waals surface area contributed by atoms with E-state index in [0.29, 0.717) is 26.9 Å². The molecule has 1 saturated heterocycles. The Labute approximate surface area is 124 Å². The Morgan fingerprint density at radius 2 is 2.21 bits per heavy atom. The number of hydrogen-bond donors (Lipinski definition) is 2. The predicted molar refractivity (Wildman–Crippen MR) is 72.3 cm³/mol. The quantitative estimate of drug-likeness (QED) is 0.583. The predicted octanol–water partition coefficient (Wildman–Crippen LogP) is 0.992. The van der Waals surface area contributed by atoms with Crippen molar-refractivity contribution in [2.45, 2.75) is 24.9 Å². The van der Waals surface area contributed by atoms with E-state index in [0.717, 1.165) is 0 Å². The van der Waals surface area contributed by atoms with E-state index in [-0.39, 0.29) is 6.61 Å². The Morgan fingerprint density at radius 3 is 2.89 bits per heavy atom. The third-order valence-electron chi connectivity index (χ3n) is 3.05. The first-order chi connectivity index (χ1) is 9.10. The average Bonchev–Trinajstić information content (AvgIpc) is 2.92. The van der Waals surface area contributed by atoms with E-state index < -0.39 is 18.4 Å². The third kappa shape index (κ3) is 2.29. The number of aliphatic hydroxyl groups excluding tert-OH is 2. The van der Waals surface area contributed by atoms with Crippen molar-refractivity contribution in [2.24, 2.45) is 0 Å². The molecule has 3 atom stereocenters. The van der Waals surface area contributed by atoms with Crippen LogP contribution >= 0.6 is 31.9 Å². The van der Waals surface area contributed by atoms with Crippen LogP contribution in [0.15, 0.2) is 15.7 Å². The van der Waals surface area contributed by atoms with Crippen molar-refractivity contribution in [1.82, 2.24) is 19.5 Å². The van der Waals surface area contributed by atoms with Crippen LogP contribution in [0, 0.1) is 0 Å². The molecule has 1 aliphatic rings. The third-order valence-corrected chi connectivity index (χ3v) is 3.95. The number of nitrogens with zero attached hydrogens (tertiary/aromatic N) is 4. The zero-order valence-electron chi connectivity index (χ0n) is 9.57. The molecule has 0 spiro atoms. The first-order valence-electron chi connectivity index (χ1n) is 5.60. The van der Waals surface area contributed by atoms with Crippen LogP contribution in [0.5, 0.6) is 0 Å². The number of ether oxygens (including phenoxy) is 1. The monoisotopic (exact) mass is 392 g/mol. The fraction of sp³-hybridized carbons (Fsp3) is 0.500. The van der Waals surface area contributed by atoms with Gasteiger partial charge in [0.1, 0.15) is 22.5 Å². The molecule has 0 unspecified atom stereocenters. The molecule has 19 heavy (non-hydrogen) atoms. The molecule has 0 radical (unpaired) electrons. The number of fused-ring (bicyclic) bond motifs is 1. The largest absolute Gasteiger partial charge is 0.394 e. The number of aliphatic hydroxyl groups is 2. The molecule has 0 aliphatic carbocycles. The zero-order chi connectivity index (χ0) is 13.6. The van der Waals surface area contributed by atoms with Crippen molar-refractivity contribution in [3.05, 3.63) is 15.7 Å². The van der Waals surface area contributed by atoms with Gasteiger partial charge < -0.3 is 14.9 Å². The molecule has 2 N–H and O–H groups in total. The van der Waals surface area contributed by atoms with Gasteiger partial charge >= 0.3 is 0 Å². The molecule has 1 aliphatic heterocycles. The van der Waals surface area contributed by atoms with Gasteiger partial charge in [-0.15, -0.1) is 0 Å². The number of aromatic nitrogens is 4. The first kappa shape index (κ1) is 13.4. The maximum atomic E-state index is 9.77. The summed E-state index contributed by atoms with van der Waals surface area (Å²) in [5.74, 6) is 0. The zero-order valence-corrected chi connectivity index (χ0v) is 12.7. The molecular weight excluding hydrogens is 384 g/mol. The fourth-order valence-corrected chi connectivity index (χ4v) is 3.15. The van der Waals surface area contributed by atoms with Crippen molar-refractivity contribution < 1.29 is 14.9 Å².